The molecule has 0 aliphatic carbocycles. The van der Waals surface area contributed by atoms with Crippen molar-refractivity contribution >= 4 is 34.7 Å². The van der Waals surface area contributed by atoms with E-state index in [9.17, 15) is 13.2 Å². The van der Waals surface area contributed by atoms with Crippen molar-refractivity contribution in [1.29, 1.82) is 0 Å². The van der Waals surface area contributed by atoms with Gasteiger partial charge < -0.3 is 10.6 Å². The molecule has 0 aliphatic rings. The number of aryl methyl sites for hydroxylation is 1. The number of nitrogens with zero attached hydrogens (tertiary/aromatic N) is 2. The van der Waals surface area contributed by atoms with E-state index in [1.165, 1.54) is 19.3 Å². The summed E-state index contributed by atoms with van der Waals surface area (Å²) in [5, 5.41) is 6.23. The van der Waals surface area contributed by atoms with Crippen LogP contribution in [0.3, 0.4) is 0 Å². The lowest BCUT2D eigenvalue weighted by molar-refractivity contribution is -0.137. The lowest BCUT2D eigenvalue weighted by Gasteiger charge is -2.15. The van der Waals surface area contributed by atoms with Crippen LogP contribution in [0.1, 0.15) is 43.7 Å². The number of aromatic nitrogens is 2. The molecule has 0 atom stereocenters. The molecule has 0 radical (unpaired) electrons. The van der Waals surface area contributed by atoms with Gasteiger partial charge >= 0.3 is 6.18 Å². The van der Waals surface area contributed by atoms with Gasteiger partial charge in [0.2, 0.25) is 5.95 Å². The average molecular weight is 449 g/mol. The van der Waals surface area contributed by atoms with E-state index in [1.807, 2.05) is 12.1 Å². The maximum atomic E-state index is 13.5. The second-order valence-electron chi connectivity index (χ2n) is 7.22. The van der Waals surface area contributed by atoms with Crippen LogP contribution < -0.4 is 10.6 Å². The monoisotopic (exact) mass is 448 g/mol. The Morgan fingerprint density at radius 1 is 0.871 bits per heavy atom. The first-order valence-corrected chi connectivity index (χ1v) is 10.6. The molecule has 0 spiro atoms. The first-order valence-electron chi connectivity index (χ1n) is 10.2. The zero-order valence-corrected chi connectivity index (χ0v) is 17.9. The summed E-state index contributed by atoms with van der Waals surface area (Å²) in [7, 11) is 0. The molecule has 0 aliphatic heterocycles. The molecule has 1 heterocycles. The van der Waals surface area contributed by atoms with E-state index in [0.717, 1.165) is 24.6 Å². The summed E-state index contributed by atoms with van der Waals surface area (Å²) in [6.07, 6.45) is 1.81. The number of alkyl halides is 3. The van der Waals surface area contributed by atoms with Crippen molar-refractivity contribution in [3.05, 3.63) is 70.9 Å². The van der Waals surface area contributed by atoms with Gasteiger partial charge in [-0.2, -0.15) is 18.2 Å². The summed E-state index contributed by atoms with van der Waals surface area (Å²) < 4.78 is 40.4. The minimum Gasteiger partial charge on any atom is -0.340 e. The molecule has 2 aromatic carbocycles. The Bertz CT molecular complexity index is 974. The van der Waals surface area contributed by atoms with Gasteiger partial charge in [-0.3, -0.25) is 0 Å². The van der Waals surface area contributed by atoms with E-state index >= 15 is 0 Å². The topological polar surface area (TPSA) is 49.8 Å². The summed E-state index contributed by atoms with van der Waals surface area (Å²) in [5.74, 6) is -0.264. The van der Waals surface area contributed by atoms with Gasteiger partial charge in [-0.05, 0) is 54.8 Å². The summed E-state index contributed by atoms with van der Waals surface area (Å²) >= 11 is 5.86. The predicted octanol–water partition coefficient (Wildman–Crippen LogP) is 7.76. The number of hydrogen-bond acceptors (Lipinski definition) is 4. The molecule has 31 heavy (non-hydrogen) atoms. The van der Waals surface area contributed by atoms with Crippen LogP contribution in [0.2, 0.25) is 5.02 Å². The van der Waals surface area contributed by atoms with E-state index in [-0.39, 0.29) is 11.8 Å². The number of benzene rings is 2. The lowest BCUT2D eigenvalue weighted by Crippen LogP contribution is -2.12. The van der Waals surface area contributed by atoms with Crippen LogP contribution in [0, 0.1) is 0 Å². The first-order chi connectivity index (χ1) is 14.8. The molecule has 4 nitrogen and oxygen atoms in total. The van der Waals surface area contributed by atoms with E-state index < -0.39 is 11.7 Å². The molecule has 8 heteroatoms. The third-order valence-electron chi connectivity index (χ3n) is 4.73. The van der Waals surface area contributed by atoms with Gasteiger partial charge in [0.15, 0.2) is 0 Å². The van der Waals surface area contributed by atoms with E-state index in [0.29, 0.717) is 16.4 Å². The Morgan fingerprint density at radius 3 is 2.16 bits per heavy atom. The molecule has 0 saturated carbocycles. The van der Waals surface area contributed by atoms with E-state index in [2.05, 4.69) is 27.5 Å². The largest absolute Gasteiger partial charge is 0.421 e. The van der Waals surface area contributed by atoms with Crippen LogP contribution in [0.25, 0.3) is 0 Å². The van der Waals surface area contributed by atoms with Crippen molar-refractivity contribution in [1.82, 2.24) is 9.97 Å². The fourth-order valence-electron chi connectivity index (χ4n) is 3.05. The van der Waals surface area contributed by atoms with Gasteiger partial charge in [-0.15, -0.1) is 0 Å². The maximum Gasteiger partial charge on any atom is 0.421 e. The van der Waals surface area contributed by atoms with Crippen molar-refractivity contribution in [2.24, 2.45) is 0 Å². The zero-order chi connectivity index (χ0) is 22.3. The lowest BCUT2D eigenvalue weighted by atomic mass is 10.1. The van der Waals surface area contributed by atoms with Gasteiger partial charge in [0, 0.05) is 22.6 Å². The maximum absolute atomic E-state index is 13.5. The number of rotatable bonds is 9. The molecule has 0 amide bonds. The van der Waals surface area contributed by atoms with Gasteiger partial charge in [0.25, 0.3) is 0 Å². The molecule has 0 bridgehead atoms. The number of hydrogen-bond donors (Lipinski definition) is 2. The Hall–Kier alpha value is -2.80. The predicted molar refractivity (Wildman–Crippen MR) is 119 cm³/mol. The molecule has 0 fully saturated rings. The van der Waals surface area contributed by atoms with Crippen molar-refractivity contribution in [3.8, 4) is 0 Å². The van der Waals surface area contributed by atoms with Crippen LogP contribution >= 0.6 is 11.6 Å². The second kappa shape index (κ2) is 10.5. The Labute approximate surface area is 184 Å². The van der Waals surface area contributed by atoms with Crippen LogP contribution in [0.4, 0.5) is 36.3 Å². The van der Waals surface area contributed by atoms with E-state index in [1.54, 1.807) is 36.4 Å². The number of halogens is 4. The Kier molecular flexibility index (Phi) is 7.74. The number of nitrogens with one attached hydrogen (secondary N) is 2. The standard InChI is InChI=1S/C23H24ClF3N4/c1-2-3-4-5-6-16-7-11-18(12-8-16)29-21-20(23(25,26)27)15-28-22(31-21)30-19-13-9-17(24)10-14-19/h7-15H,2-6H2,1H3,(H2,28,29,30,31). The average Bonchev–Trinajstić information content (AvgIpc) is 2.73. The number of anilines is 4. The molecule has 3 rings (SSSR count). The third-order valence-corrected chi connectivity index (χ3v) is 4.98. The minimum absolute atomic E-state index is 0.0466. The molecule has 3 aromatic rings. The molecule has 0 saturated heterocycles. The summed E-state index contributed by atoms with van der Waals surface area (Å²) in [6, 6.07) is 14.1. The first kappa shape index (κ1) is 22.9. The summed E-state index contributed by atoms with van der Waals surface area (Å²) in [6.45, 7) is 2.17. The highest BCUT2D eigenvalue weighted by Crippen LogP contribution is 2.35. The quantitative estimate of drug-likeness (QED) is 0.328. The fraction of sp³-hybridized carbons (Fsp3) is 0.304. The van der Waals surface area contributed by atoms with Crippen molar-refractivity contribution in [2.45, 2.75) is 45.2 Å². The van der Waals surface area contributed by atoms with Crippen LogP contribution in [-0.4, -0.2) is 9.97 Å². The molecular weight excluding hydrogens is 425 g/mol. The SMILES string of the molecule is CCCCCCc1ccc(Nc2nc(Nc3ccc(Cl)cc3)ncc2C(F)(F)F)cc1. The third kappa shape index (κ3) is 6.85. The van der Waals surface area contributed by atoms with Crippen molar-refractivity contribution in [3.63, 3.8) is 0 Å². The molecule has 1 aromatic heterocycles. The molecule has 164 valence electrons. The van der Waals surface area contributed by atoms with Crippen LogP contribution in [-0.2, 0) is 12.6 Å². The van der Waals surface area contributed by atoms with Crippen molar-refractivity contribution < 1.29 is 13.2 Å². The molecule has 0 unspecified atom stereocenters. The Morgan fingerprint density at radius 2 is 1.52 bits per heavy atom. The molecular formula is C23H24ClF3N4. The van der Waals surface area contributed by atoms with Crippen molar-refractivity contribution in [2.75, 3.05) is 10.6 Å². The van der Waals surface area contributed by atoms with Crippen LogP contribution in [0.5, 0.6) is 0 Å². The zero-order valence-electron chi connectivity index (χ0n) is 17.1. The molecule has 2 N–H and O–H groups in total. The van der Waals surface area contributed by atoms with Gasteiger partial charge in [0.1, 0.15) is 11.4 Å². The smallest absolute Gasteiger partial charge is 0.340 e. The normalized spacial score (nSPS) is 11.4. The number of unbranched alkanes of at least 4 members (excludes halogenated alkanes) is 3. The highest BCUT2D eigenvalue weighted by molar-refractivity contribution is 6.30. The highest BCUT2D eigenvalue weighted by atomic mass is 35.5. The Balaban J connectivity index is 1.77. The van der Waals surface area contributed by atoms with Gasteiger partial charge in [-0.25, -0.2) is 4.98 Å². The summed E-state index contributed by atoms with van der Waals surface area (Å²) in [4.78, 5) is 7.87. The van der Waals surface area contributed by atoms with E-state index in [4.69, 9.17) is 11.6 Å². The fourth-order valence-corrected chi connectivity index (χ4v) is 3.18. The van der Waals surface area contributed by atoms with Gasteiger partial charge in [0.05, 0.1) is 0 Å². The highest BCUT2D eigenvalue weighted by Gasteiger charge is 2.35. The second-order valence-corrected chi connectivity index (χ2v) is 7.65. The summed E-state index contributed by atoms with van der Waals surface area (Å²) in [5.41, 5.74) is 1.37. The van der Waals surface area contributed by atoms with Crippen LogP contribution in [0.15, 0.2) is 54.7 Å². The minimum atomic E-state index is -4.58. The van der Waals surface area contributed by atoms with Gasteiger partial charge in [-0.1, -0.05) is 49.9 Å².